The van der Waals surface area contributed by atoms with Crippen LogP contribution < -0.4 is 10.2 Å². The largest absolute Gasteiger partial charge is 0.508 e. The number of benzene rings is 2. The average Bonchev–Trinajstić information content (AvgIpc) is 3.18. The third-order valence-corrected chi connectivity index (χ3v) is 5.90. The van der Waals surface area contributed by atoms with E-state index in [9.17, 15) is 19.1 Å². The van der Waals surface area contributed by atoms with Crippen molar-refractivity contribution in [1.82, 2.24) is 20.5 Å². The summed E-state index contributed by atoms with van der Waals surface area (Å²) in [6.07, 6.45) is 0. The molecule has 33 heavy (non-hydrogen) atoms. The van der Waals surface area contributed by atoms with Gasteiger partial charge in [0.1, 0.15) is 23.5 Å². The standard InChI is InChI=1S/C24H20F2N6O/c1-13-20-21(14-2-4-15(5-3-14)32-8-6-28-7-9-32)17(12-27)23(29-24(20)31-30-13)22-18(25)10-16(33)11-19(22)26/h2-5,10-11,28,33H,6-9H2,1H3,(H,29,30,31). The van der Waals surface area contributed by atoms with Gasteiger partial charge in [0, 0.05) is 55.3 Å². The van der Waals surface area contributed by atoms with Gasteiger partial charge in [0.25, 0.3) is 0 Å². The van der Waals surface area contributed by atoms with E-state index in [0.717, 1.165) is 44.0 Å². The van der Waals surface area contributed by atoms with Crippen molar-refractivity contribution in [3.63, 3.8) is 0 Å². The molecule has 0 spiro atoms. The number of nitrogens with zero attached hydrogens (tertiary/aromatic N) is 4. The van der Waals surface area contributed by atoms with Gasteiger partial charge in [0.05, 0.1) is 22.2 Å². The van der Waals surface area contributed by atoms with Crippen molar-refractivity contribution in [2.45, 2.75) is 6.92 Å². The zero-order chi connectivity index (χ0) is 23.1. The maximum atomic E-state index is 14.7. The molecule has 2 aromatic carbocycles. The van der Waals surface area contributed by atoms with E-state index >= 15 is 0 Å². The van der Waals surface area contributed by atoms with Crippen LogP contribution in [0.3, 0.4) is 0 Å². The van der Waals surface area contributed by atoms with E-state index in [-0.39, 0.29) is 16.9 Å². The Balaban J connectivity index is 1.74. The van der Waals surface area contributed by atoms with Gasteiger partial charge in [-0.05, 0) is 24.6 Å². The predicted molar refractivity (Wildman–Crippen MR) is 121 cm³/mol. The van der Waals surface area contributed by atoms with Crippen LogP contribution in [0.2, 0.25) is 0 Å². The summed E-state index contributed by atoms with van der Waals surface area (Å²) in [5, 5.41) is 30.6. The van der Waals surface area contributed by atoms with Gasteiger partial charge < -0.3 is 15.3 Å². The number of H-pyrrole nitrogens is 1. The van der Waals surface area contributed by atoms with E-state index in [1.165, 1.54) is 0 Å². The fourth-order valence-electron chi connectivity index (χ4n) is 4.33. The molecule has 0 atom stereocenters. The summed E-state index contributed by atoms with van der Waals surface area (Å²) < 4.78 is 29.4. The van der Waals surface area contributed by atoms with Crippen LogP contribution in [-0.4, -0.2) is 46.5 Å². The number of aromatic nitrogens is 3. The van der Waals surface area contributed by atoms with Crippen molar-refractivity contribution < 1.29 is 13.9 Å². The highest BCUT2D eigenvalue weighted by atomic mass is 19.1. The fraction of sp³-hybridized carbons (Fsp3) is 0.208. The summed E-state index contributed by atoms with van der Waals surface area (Å²) in [6.45, 7) is 5.41. The van der Waals surface area contributed by atoms with Gasteiger partial charge in [-0.25, -0.2) is 13.8 Å². The summed E-state index contributed by atoms with van der Waals surface area (Å²) in [7, 11) is 0. The predicted octanol–water partition coefficient (Wildman–Crippen LogP) is 3.87. The summed E-state index contributed by atoms with van der Waals surface area (Å²) in [5.74, 6) is -2.57. The summed E-state index contributed by atoms with van der Waals surface area (Å²) in [6, 6.07) is 11.4. The van der Waals surface area contributed by atoms with E-state index in [1.54, 1.807) is 6.92 Å². The Labute approximate surface area is 188 Å². The van der Waals surface area contributed by atoms with Gasteiger partial charge in [-0.1, -0.05) is 12.1 Å². The van der Waals surface area contributed by atoms with E-state index in [0.29, 0.717) is 22.2 Å². The minimum atomic E-state index is -1.01. The number of aromatic hydroxyl groups is 1. The number of hydrogen-bond acceptors (Lipinski definition) is 6. The van der Waals surface area contributed by atoms with Gasteiger partial charge in [-0.15, -0.1) is 0 Å². The zero-order valence-electron chi connectivity index (χ0n) is 17.8. The lowest BCUT2D eigenvalue weighted by Crippen LogP contribution is -2.43. The number of rotatable bonds is 3. The summed E-state index contributed by atoms with van der Waals surface area (Å²) in [5.41, 5.74) is 2.60. The Morgan fingerprint density at radius 2 is 1.73 bits per heavy atom. The normalized spacial score (nSPS) is 13.9. The van der Waals surface area contributed by atoms with Crippen LogP contribution in [0.5, 0.6) is 5.75 Å². The number of phenols is 1. The number of nitrogens with one attached hydrogen (secondary N) is 2. The van der Waals surface area contributed by atoms with Crippen molar-refractivity contribution in [1.29, 1.82) is 5.26 Å². The molecule has 3 N–H and O–H groups in total. The molecule has 0 amide bonds. The molecule has 1 aliphatic rings. The first-order valence-corrected chi connectivity index (χ1v) is 10.5. The highest BCUT2D eigenvalue weighted by Gasteiger charge is 2.25. The molecule has 3 heterocycles. The van der Waals surface area contributed by atoms with Crippen LogP contribution in [0.15, 0.2) is 36.4 Å². The maximum Gasteiger partial charge on any atom is 0.182 e. The highest BCUT2D eigenvalue weighted by Crippen LogP contribution is 2.40. The maximum absolute atomic E-state index is 14.7. The van der Waals surface area contributed by atoms with Crippen LogP contribution in [0, 0.1) is 29.9 Å². The van der Waals surface area contributed by atoms with Gasteiger partial charge in [0.2, 0.25) is 0 Å². The number of anilines is 1. The second-order valence-electron chi connectivity index (χ2n) is 7.94. The zero-order valence-corrected chi connectivity index (χ0v) is 17.8. The second kappa shape index (κ2) is 8.15. The van der Waals surface area contributed by atoms with Crippen molar-refractivity contribution in [2.75, 3.05) is 31.1 Å². The number of pyridine rings is 1. The van der Waals surface area contributed by atoms with E-state index in [1.807, 2.05) is 24.3 Å². The number of nitriles is 1. The van der Waals surface area contributed by atoms with Gasteiger partial charge in [-0.2, -0.15) is 10.4 Å². The van der Waals surface area contributed by atoms with Crippen LogP contribution in [-0.2, 0) is 0 Å². The molecule has 2 aromatic heterocycles. The molecule has 5 rings (SSSR count). The third kappa shape index (κ3) is 3.54. The van der Waals surface area contributed by atoms with Crippen LogP contribution in [0.4, 0.5) is 14.5 Å². The summed E-state index contributed by atoms with van der Waals surface area (Å²) >= 11 is 0. The van der Waals surface area contributed by atoms with Gasteiger partial charge in [0.15, 0.2) is 5.65 Å². The lowest BCUT2D eigenvalue weighted by atomic mass is 9.92. The number of aromatic amines is 1. The quantitative estimate of drug-likeness (QED) is 0.442. The monoisotopic (exact) mass is 446 g/mol. The van der Waals surface area contributed by atoms with Crippen LogP contribution in [0.25, 0.3) is 33.4 Å². The number of piperazine rings is 1. The number of hydrogen-bond donors (Lipinski definition) is 3. The molecular formula is C24H20F2N6O. The summed E-state index contributed by atoms with van der Waals surface area (Å²) in [4.78, 5) is 6.59. The molecule has 1 aliphatic heterocycles. The Kier molecular flexibility index (Phi) is 5.15. The van der Waals surface area contributed by atoms with E-state index < -0.39 is 22.9 Å². The number of fused-ring (bicyclic) bond motifs is 1. The fourth-order valence-corrected chi connectivity index (χ4v) is 4.33. The Morgan fingerprint density at radius 3 is 2.36 bits per heavy atom. The van der Waals surface area contributed by atoms with E-state index in [4.69, 9.17) is 0 Å². The third-order valence-electron chi connectivity index (χ3n) is 5.90. The number of phenolic OH excluding ortho intramolecular Hbond substituents is 1. The molecule has 0 aliphatic carbocycles. The molecule has 0 saturated carbocycles. The molecular weight excluding hydrogens is 426 g/mol. The highest BCUT2D eigenvalue weighted by molar-refractivity contribution is 6.01. The van der Waals surface area contributed by atoms with Gasteiger partial charge in [-0.3, -0.25) is 5.10 Å². The number of halogens is 2. The van der Waals surface area contributed by atoms with Crippen molar-refractivity contribution in [2.24, 2.45) is 0 Å². The Morgan fingerprint density at radius 1 is 1.06 bits per heavy atom. The van der Waals surface area contributed by atoms with Crippen LogP contribution >= 0.6 is 0 Å². The minimum absolute atomic E-state index is 0.0328. The topological polar surface area (TPSA) is 101 Å². The molecule has 0 unspecified atom stereocenters. The van der Waals surface area contributed by atoms with Crippen molar-refractivity contribution in [3.8, 4) is 34.2 Å². The molecule has 0 radical (unpaired) electrons. The smallest absolute Gasteiger partial charge is 0.182 e. The molecule has 4 aromatic rings. The molecule has 9 heteroatoms. The molecule has 1 fully saturated rings. The van der Waals surface area contributed by atoms with Crippen LogP contribution in [0.1, 0.15) is 11.3 Å². The molecule has 0 bridgehead atoms. The average molecular weight is 446 g/mol. The molecule has 166 valence electrons. The molecule has 1 saturated heterocycles. The minimum Gasteiger partial charge on any atom is -0.508 e. The Hall–Kier alpha value is -4.03. The SMILES string of the molecule is Cc1[nH]nc2nc(-c3c(F)cc(O)cc3F)c(C#N)c(-c3ccc(N4CCNCC4)cc3)c12. The number of aryl methyl sites for hydroxylation is 1. The first kappa shape index (κ1) is 20.8. The first-order chi connectivity index (χ1) is 16.0. The van der Waals surface area contributed by atoms with E-state index in [2.05, 4.69) is 31.5 Å². The lowest BCUT2D eigenvalue weighted by Gasteiger charge is -2.29. The van der Waals surface area contributed by atoms with Gasteiger partial charge >= 0.3 is 0 Å². The molecule has 7 nitrogen and oxygen atoms in total. The lowest BCUT2D eigenvalue weighted by molar-refractivity contribution is 0.461. The Bertz CT molecular complexity index is 1380. The van der Waals surface area contributed by atoms with Crippen molar-refractivity contribution >= 4 is 16.7 Å². The second-order valence-corrected chi connectivity index (χ2v) is 7.94. The first-order valence-electron chi connectivity index (χ1n) is 10.5. The van der Waals surface area contributed by atoms with Crippen molar-refractivity contribution in [3.05, 3.63) is 59.3 Å².